The Bertz CT molecular complexity index is 1060. The number of nitrogens with one attached hydrogen (secondary N) is 1. The summed E-state index contributed by atoms with van der Waals surface area (Å²) in [7, 11) is -2.43. The molecule has 0 aliphatic carbocycles. The molecule has 2 aromatic rings. The van der Waals surface area contributed by atoms with Crippen molar-refractivity contribution in [2.45, 2.75) is 30.7 Å². The average molecular weight is 478 g/mol. The van der Waals surface area contributed by atoms with Crippen molar-refractivity contribution in [2.75, 3.05) is 19.0 Å². The summed E-state index contributed by atoms with van der Waals surface area (Å²) in [6, 6.07) is 6.82. The molecular formula is C19H19Cl3N2O4S. The second-order valence-corrected chi connectivity index (χ2v) is 9.72. The Morgan fingerprint density at radius 3 is 2.52 bits per heavy atom. The van der Waals surface area contributed by atoms with Crippen LogP contribution in [0.5, 0.6) is 5.75 Å². The fraction of sp³-hybridized carbons (Fsp3) is 0.316. The van der Waals surface area contributed by atoms with Crippen LogP contribution in [0.3, 0.4) is 0 Å². The minimum absolute atomic E-state index is 0.115. The lowest BCUT2D eigenvalue weighted by Crippen LogP contribution is -2.43. The number of aryl methyl sites for hydroxylation is 1. The molecule has 1 atom stereocenters. The molecule has 1 fully saturated rings. The van der Waals surface area contributed by atoms with Crippen LogP contribution in [-0.2, 0) is 14.8 Å². The van der Waals surface area contributed by atoms with Crippen molar-refractivity contribution in [2.24, 2.45) is 0 Å². The summed E-state index contributed by atoms with van der Waals surface area (Å²) in [5.74, 6) is -0.0520. The quantitative estimate of drug-likeness (QED) is 0.630. The Labute approximate surface area is 184 Å². The largest absolute Gasteiger partial charge is 0.497 e. The van der Waals surface area contributed by atoms with Crippen molar-refractivity contribution in [1.29, 1.82) is 0 Å². The van der Waals surface area contributed by atoms with Crippen LogP contribution >= 0.6 is 34.8 Å². The molecule has 1 unspecified atom stereocenters. The number of sulfonamides is 1. The van der Waals surface area contributed by atoms with Gasteiger partial charge in [0.25, 0.3) is 0 Å². The molecule has 0 aromatic heterocycles. The maximum Gasteiger partial charge on any atom is 0.244 e. The van der Waals surface area contributed by atoms with Crippen LogP contribution in [0.2, 0.25) is 15.1 Å². The summed E-state index contributed by atoms with van der Waals surface area (Å²) >= 11 is 18.0. The van der Waals surface area contributed by atoms with Crippen LogP contribution in [-0.4, -0.2) is 38.3 Å². The average Bonchev–Trinajstić information content (AvgIpc) is 3.17. The molecule has 1 amide bonds. The molecule has 156 valence electrons. The Morgan fingerprint density at radius 2 is 1.83 bits per heavy atom. The zero-order chi connectivity index (χ0) is 21.3. The molecule has 0 spiro atoms. The summed E-state index contributed by atoms with van der Waals surface area (Å²) in [4.78, 5) is 13.0. The van der Waals surface area contributed by atoms with E-state index in [1.54, 1.807) is 19.1 Å². The van der Waals surface area contributed by atoms with E-state index in [4.69, 9.17) is 39.5 Å². The van der Waals surface area contributed by atoms with Crippen molar-refractivity contribution in [1.82, 2.24) is 4.31 Å². The van der Waals surface area contributed by atoms with Crippen molar-refractivity contribution in [3.63, 3.8) is 0 Å². The Hall–Kier alpha value is -1.51. The summed E-state index contributed by atoms with van der Waals surface area (Å²) in [5.41, 5.74) is 0.845. The van der Waals surface area contributed by atoms with E-state index in [0.29, 0.717) is 24.2 Å². The standard InChI is InChI=1S/C19H19Cl3N2O4S/c1-11-5-6-12(28-2)8-18(11)29(26,27)24-7-3-4-17(24)19(25)23-16-10-14(21)13(20)9-15(16)22/h5-6,8-10,17H,3-4,7H2,1-2H3,(H,23,25). The number of ether oxygens (including phenoxy) is 1. The van der Waals surface area contributed by atoms with E-state index in [9.17, 15) is 13.2 Å². The first kappa shape index (κ1) is 22.2. The number of amides is 1. The molecule has 2 aromatic carbocycles. The third-order valence-electron chi connectivity index (χ3n) is 4.76. The number of halogens is 3. The molecule has 0 bridgehead atoms. The molecule has 29 heavy (non-hydrogen) atoms. The van der Waals surface area contributed by atoms with E-state index in [0.717, 1.165) is 0 Å². The smallest absolute Gasteiger partial charge is 0.244 e. The normalized spacial score (nSPS) is 17.3. The van der Waals surface area contributed by atoms with Gasteiger partial charge in [0, 0.05) is 12.6 Å². The lowest BCUT2D eigenvalue weighted by molar-refractivity contribution is -0.119. The number of rotatable bonds is 5. The van der Waals surface area contributed by atoms with Crippen LogP contribution in [0.1, 0.15) is 18.4 Å². The summed E-state index contributed by atoms with van der Waals surface area (Å²) in [5, 5.41) is 3.37. The highest BCUT2D eigenvalue weighted by Crippen LogP contribution is 2.34. The number of benzene rings is 2. The zero-order valence-electron chi connectivity index (χ0n) is 15.7. The number of hydrogen-bond acceptors (Lipinski definition) is 4. The molecule has 10 heteroatoms. The van der Waals surface area contributed by atoms with E-state index >= 15 is 0 Å². The van der Waals surface area contributed by atoms with Crippen molar-refractivity contribution in [3.8, 4) is 5.75 Å². The molecule has 3 rings (SSSR count). The van der Waals surface area contributed by atoms with E-state index in [-0.39, 0.29) is 32.2 Å². The lowest BCUT2D eigenvalue weighted by atomic mass is 10.2. The summed E-state index contributed by atoms with van der Waals surface area (Å²) in [6.45, 7) is 1.94. The van der Waals surface area contributed by atoms with E-state index < -0.39 is 22.0 Å². The third kappa shape index (κ3) is 4.49. The van der Waals surface area contributed by atoms with Gasteiger partial charge in [-0.2, -0.15) is 4.31 Å². The second-order valence-electron chi connectivity index (χ2n) is 6.64. The van der Waals surface area contributed by atoms with Gasteiger partial charge in [-0.25, -0.2) is 8.42 Å². The predicted octanol–water partition coefficient (Wildman–Crippen LogP) is 4.76. The van der Waals surface area contributed by atoms with Crippen LogP contribution in [0.4, 0.5) is 5.69 Å². The van der Waals surface area contributed by atoms with Gasteiger partial charge in [-0.05, 0) is 43.5 Å². The molecule has 0 saturated carbocycles. The lowest BCUT2D eigenvalue weighted by Gasteiger charge is -2.24. The van der Waals surface area contributed by atoms with Crippen molar-refractivity contribution < 1.29 is 17.9 Å². The van der Waals surface area contributed by atoms with Gasteiger partial charge in [-0.1, -0.05) is 40.9 Å². The van der Waals surface area contributed by atoms with Gasteiger partial charge < -0.3 is 10.1 Å². The number of carbonyl (C=O) groups excluding carboxylic acids is 1. The fourth-order valence-corrected chi connectivity index (χ4v) is 5.73. The van der Waals surface area contributed by atoms with E-state index in [2.05, 4.69) is 5.32 Å². The van der Waals surface area contributed by atoms with Crippen LogP contribution in [0, 0.1) is 6.92 Å². The van der Waals surface area contributed by atoms with Gasteiger partial charge in [-0.3, -0.25) is 4.79 Å². The van der Waals surface area contributed by atoms with Crippen LogP contribution in [0.25, 0.3) is 0 Å². The third-order valence-corrected chi connectivity index (χ3v) is 7.84. The van der Waals surface area contributed by atoms with Gasteiger partial charge in [0.1, 0.15) is 11.8 Å². The number of hydrogen-bond donors (Lipinski definition) is 1. The predicted molar refractivity (Wildman–Crippen MR) is 115 cm³/mol. The second kappa shape index (κ2) is 8.70. The zero-order valence-corrected chi connectivity index (χ0v) is 18.8. The highest BCUT2D eigenvalue weighted by molar-refractivity contribution is 7.89. The van der Waals surface area contributed by atoms with Gasteiger partial charge in [0.05, 0.1) is 32.8 Å². The van der Waals surface area contributed by atoms with Gasteiger partial charge >= 0.3 is 0 Å². The first-order valence-corrected chi connectivity index (χ1v) is 11.3. The number of nitrogens with zero attached hydrogens (tertiary/aromatic N) is 1. The topological polar surface area (TPSA) is 75.7 Å². The molecular weight excluding hydrogens is 459 g/mol. The van der Waals surface area contributed by atoms with E-state index in [1.807, 2.05) is 0 Å². The van der Waals surface area contributed by atoms with Gasteiger partial charge in [0.15, 0.2) is 0 Å². The van der Waals surface area contributed by atoms with Gasteiger partial charge in [0.2, 0.25) is 15.9 Å². The fourth-order valence-electron chi connectivity index (χ4n) is 3.24. The van der Waals surface area contributed by atoms with Gasteiger partial charge in [-0.15, -0.1) is 0 Å². The number of carbonyl (C=O) groups is 1. The van der Waals surface area contributed by atoms with Crippen LogP contribution < -0.4 is 10.1 Å². The Morgan fingerprint density at radius 1 is 1.14 bits per heavy atom. The molecule has 1 aliphatic heterocycles. The minimum atomic E-state index is -3.90. The van der Waals surface area contributed by atoms with Crippen molar-refractivity contribution in [3.05, 3.63) is 51.0 Å². The maximum absolute atomic E-state index is 13.3. The Kier molecular flexibility index (Phi) is 6.65. The minimum Gasteiger partial charge on any atom is -0.497 e. The molecule has 0 radical (unpaired) electrons. The van der Waals surface area contributed by atoms with E-state index in [1.165, 1.54) is 29.6 Å². The first-order valence-electron chi connectivity index (χ1n) is 8.77. The molecule has 1 saturated heterocycles. The molecule has 1 N–H and O–H groups in total. The summed E-state index contributed by atoms with van der Waals surface area (Å²) in [6.07, 6.45) is 0.961. The number of methoxy groups -OCH3 is 1. The molecule has 1 heterocycles. The summed E-state index contributed by atoms with van der Waals surface area (Å²) < 4.78 is 32.9. The Balaban J connectivity index is 1.90. The van der Waals surface area contributed by atoms with Crippen LogP contribution in [0.15, 0.2) is 35.2 Å². The molecule has 1 aliphatic rings. The first-order chi connectivity index (χ1) is 13.6. The number of anilines is 1. The maximum atomic E-state index is 13.3. The highest BCUT2D eigenvalue weighted by atomic mass is 35.5. The van der Waals surface area contributed by atoms with Crippen molar-refractivity contribution >= 4 is 56.4 Å². The SMILES string of the molecule is COc1ccc(C)c(S(=O)(=O)N2CCCC2C(=O)Nc2cc(Cl)c(Cl)cc2Cl)c1. The molecule has 6 nitrogen and oxygen atoms in total. The highest BCUT2D eigenvalue weighted by Gasteiger charge is 2.40. The monoisotopic (exact) mass is 476 g/mol.